The van der Waals surface area contributed by atoms with Crippen molar-refractivity contribution >= 4 is 27.6 Å². The standard InChI is InChI=1S/C27H29N3O7S/c1-19-5-9-21(10-6-19)37-18-24(31)29-13-15-30(16-14-29)27(33)26(28-25(32)23-4-3-17-36-23)38(34,35)22-11-7-20(2)8-12-22/h3-12,17,26H,13-16,18H2,1-2H3,(H,28,32). The van der Waals surface area contributed by atoms with Crippen molar-refractivity contribution in [3.8, 4) is 5.75 Å². The highest BCUT2D eigenvalue weighted by atomic mass is 32.2. The first-order valence-electron chi connectivity index (χ1n) is 12.1. The summed E-state index contributed by atoms with van der Waals surface area (Å²) in [6.07, 6.45) is 1.28. The molecule has 0 radical (unpaired) electrons. The summed E-state index contributed by atoms with van der Waals surface area (Å²) in [7, 11) is -4.29. The van der Waals surface area contributed by atoms with Crippen LogP contribution in [-0.2, 0) is 19.4 Å². The second kappa shape index (κ2) is 11.5. The van der Waals surface area contributed by atoms with E-state index in [4.69, 9.17) is 9.15 Å². The Balaban J connectivity index is 1.44. The first-order chi connectivity index (χ1) is 18.1. The lowest BCUT2D eigenvalue weighted by Crippen LogP contribution is -2.58. The van der Waals surface area contributed by atoms with Gasteiger partial charge in [-0.25, -0.2) is 8.42 Å². The van der Waals surface area contributed by atoms with Crippen LogP contribution in [0, 0.1) is 13.8 Å². The summed E-state index contributed by atoms with van der Waals surface area (Å²) >= 11 is 0. The molecule has 0 saturated carbocycles. The summed E-state index contributed by atoms with van der Waals surface area (Å²) in [5, 5.41) is 0.468. The van der Waals surface area contributed by atoms with Crippen LogP contribution in [0.5, 0.6) is 5.75 Å². The summed E-state index contributed by atoms with van der Waals surface area (Å²) < 4.78 is 37.6. The smallest absolute Gasteiger partial charge is 0.288 e. The average molecular weight is 540 g/mol. The maximum Gasteiger partial charge on any atom is 0.288 e. The minimum absolute atomic E-state index is 0.0942. The van der Waals surface area contributed by atoms with Crippen LogP contribution in [0.3, 0.4) is 0 Å². The van der Waals surface area contributed by atoms with Crippen LogP contribution in [0.1, 0.15) is 21.7 Å². The minimum atomic E-state index is -4.29. The molecular formula is C27H29N3O7S. The van der Waals surface area contributed by atoms with Crippen molar-refractivity contribution in [2.24, 2.45) is 0 Å². The van der Waals surface area contributed by atoms with E-state index < -0.39 is 27.0 Å². The Kier molecular flexibility index (Phi) is 8.16. The molecule has 4 rings (SSSR count). The molecule has 11 heteroatoms. The zero-order chi connectivity index (χ0) is 27.3. The van der Waals surface area contributed by atoms with Crippen LogP contribution in [0.25, 0.3) is 0 Å². The Bertz CT molecular complexity index is 1380. The number of furan rings is 1. The van der Waals surface area contributed by atoms with Gasteiger partial charge in [-0.05, 0) is 50.2 Å². The van der Waals surface area contributed by atoms with Crippen LogP contribution in [0.4, 0.5) is 0 Å². The SMILES string of the molecule is Cc1ccc(OCC(=O)N2CCN(C(=O)C(NC(=O)c3ccco3)S(=O)(=O)c3ccc(C)cc3)CC2)cc1. The van der Waals surface area contributed by atoms with Crippen molar-refractivity contribution in [1.29, 1.82) is 0 Å². The molecular weight excluding hydrogens is 510 g/mol. The number of ether oxygens (including phenoxy) is 1. The normalized spacial score (nSPS) is 14.6. The molecule has 2 aromatic carbocycles. The highest BCUT2D eigenvalue weighted by molar-refractivity contribution is 7.92. The highest BCUT2D eigenvalue weighted by Gasteiger charge is 2.40. The Morgan fingerprint density at radius 1 is 0.895 bits per heavy atom. The first kappa shape index (κ1) is 26.9. The molecule has 1 saturated heterocycles. The number of hydrogen-bond donors (Lipinski definition) is 1. The number of nitrogens with one attached hydrogen (secondary N) is 1. The number of nitrogens with zero attached hydrogens (tertiary/aromatic N) is 2. The number of piperazine rings is 1. The van der Waals surface area contributed by atoms with E-state index in [1.807, 2.05) is 26.0 Å². The van der Waals surface area contributed by atoms with Crippen molar-refractivity contribution < 1.29 is 32.0 Å². The van der Waals surface area contributed by atoms with Gasteiger partial charge in [-0.2, -0.15) is 0 Å². The molecule has 3 amide bonds. The molecule has 0 spiro atoms. The van der Waals surface area contributed by atoms with Crippen LogP contribution < -0.4 is 10.1 Å². The molecule has 0 bridgehead atoms. The van der Waals surface area contributed by atoms with Gasteiger partial charge in [0.05, 0.1) is 11.2 Å². The maximum atomic E-state index is 13.5. The lowest BCUT2D eigenvalue weighted by molar-refractivity contribution is -0.140. The van der Waals surface area contributed by atoms with Crippen LogP contribution in [0.2, 0.25) is 0 Å². The largest absolute Gasteiger partial charge is 0.484 e. The third-order valence-corrected chi connectivity index (χ3v) is 8.09. The quantitative estimate of drug-likeness (QED) is 0.465. The van der Waals surface area contributed by atoms with Gasteiger partial charge in [-0.3, -0.25) is 14.4 Å². The Labute approximate surface area is 221 Å². The number of rotatable bonds is 8. The molecule has 3 aromatic rings. The molecule has 1 fully saturated rings. The van der Waals surface area contributed by atoms with Gasteiger partial charge in [0, 0.05) is 26.2 Å². The molecule has 0 aliphatic carbocycles. The van der Waals surface area contributed by atoms with Crippen LogP contribution >= 0.6 is 0 Å². The van der Waals surface area contributed by atoms with E-state index in [1.165, 1.54) is 35.4 Å². The highest BCUT2D eigenvalue weighted by Crippen LogP contribution is 2.19. The van der Waals surface area contributed by atoms with Gasteiger partial charge in [0.1, 0.15) is 5.75 Å². The molecule has 1 aliphatic rings. The predicted molar refractivity (Wildman–Crippen MR) is 138 cm³/mol. The molecule has 200 valence electrons. The van der Waals surface area contributed by atoms with Gasteiger partial charge in [-0.15, -0.1) is 0 Å². The van der Waals surface area contributed by atoms with Gasteiger partial charge in [-0.1, -0.05) is 35.4 Å². The molecule has 38 heavy (non-hydrogen) atoms. The minimum Gasteiger partial charge on any atom is -0.484 e. The molecule has 1 aliphatic heterocycles. The van der Waals surface area contributed by atoms with Gasteiger partial charge in [0.15, 0.2) is 12.4 Å². The number of amides is 3. The molecule has 1 aromatic heterocycles. The molecule has 10 nitrogen and oxygen atoms in total. The Hall–Kier alpha value is -4.12. The third kappa shape index (κ3) is 6.23. The van der Waals surface area contributed by atoms with Crippen molar-refractivity contribution in [1.82, 2.24) is 15.1 Å². The molecule has 1 N–H and O–H groups in total. The fraction of sp³-hybridized carbons (Fsp3) is 0.296. The second-order valence-electron chi connectivity index (χ2n) is 9.00. The third-order valence-electron chi connectivity index (χ3n) is 6.22. The lowest BCUT2D eigenvalue weighted by atomic mass is 10.2. The number of hydrogen-bond acceptors (Lipinski definition) is 7. The fourth-order valence-electron chi connectivity index (χ4n) is 3.95. The van der Waals surface area contributed by atoms with Crippen molar-refractivity contribution in [2.45, 2.75) is 24.1 Å². The van der Waals surface area contributed by atoms with Crippen molar-refractivity contribution in [2.75, 3.05) is 32.8 Å². The topological polar surface area (TPSA) is 126 Å². The Morgan fingerprint density at radius 3 is 2.05 bits per heavy atom. The summed E-state index contributed by atoms with van der Waals surface area (Å²) in [6.45, 7) is 4.22. The van der Waals surface area contributed by atoms with Crippen LogP contribution in [-0.4, -0.2) is 74.1 Å². The summed E-state index contributed by atoms with van der Waals surface area (Å²) in [4.78, 5) is 41.6. The summed E-state index contributed by atoms with van der Waals surface area (Å²) in [6, 6.07) is 16.2. The first-order valence-corrected chi connectivity index (χ1v) is 13.6. The van der Waals surface area contributed by atoms with Gasteiger partial charge >= 0.3 is 0 Å². The number of carbonyl (C=O) groups is 3. The monoisotopic (exact) mass is 539 g/mol. The van der Waals surface area contributed by atoms with E-state index in [0.717, 1.165) is 11.1 Å². The predicted octanol–water partition coefficient (Wildman–Crippen LogP) is 2.18. The molecule has 1 unspecified atom stereocenters. The maximum absolute atomic E-state index is 13.5. The number of carbonyl (C=O) groups excluding carboxylic acids is 3. The van der Waals surface area contributed by atoms with E-state index >= 15 is 0 Å². The average Bonchev–Trinajstić information content (AvgIpc) is 3.46. The van der Waals surface area contributed by atoms with Crippen molar-refractivity contribution in [3.63, 3.8) is 0 Å². The van der Waals surface area contributed by atoms with Gasteiger partial charge in [0.2, 0.25) is 15.2 Å². The number of benzene rings is 2. The van der Waals surface area contributed by atoms with Crippen LogP contribution in [0.15, 0.2) is 76.2 Å². The number of sulfone groups is 1. The van der Waals surface area contributed by atoms with Gasteiger partial charge < -0.3 is 24.3 Å². The van der Waals surface area contributed by atoms with E-state index in [2.05, 4.69) is 5.32 Å². The van der Waals surface area contributed by atoms with Gasteiger partial charge in [0.25, 0.3) is 17.7 Å². The summed E-state index contributed by atoms with van der Waals surface area (Å²) in [5.74, 6) is -1.40. The second-order valence-corrected chi connectivity index (χ2v) is 11.0. The van der Waals surface area contributed by atoms with E-state index in [1.54, 1.807) is 29.2 Å². The van der Waals surface area contributed by atoms with Crippen molar-refractivity contribution in [3.05, 3.63) is 83.8 Å². The fourth-order valence-corrected chi connectivity index (χ4v) is 5.41. The zero-order valence-corrected chi connectivity index (χ0v) is 21.9. The van der Waals surface area contributed by atoms with E-state index in [9.17, 15) is 22.8 Å². The zero-order valence-electron chi connectivity index (χ0n) is 21.1. The molecule has 1 atom stereocenters. The molecule has 2 heterocycles. The summed E-state index contributed by atoms with van der Waals surface area (Å²) in [5.41, 5.74) is 1.92. The van der Waals surface area contributed by atoms with E-state index in [-0.39, 0.29) is 49.3 Å². The number of aryl methyl sites for hydroxylation is 2. The Morgan fingerprint density at radius 2 is 1.47 bits per heavy atom. The van der Waals surface area contributed by atoms with E-state index in [0.29, 0.717) is 5.75 Å². The lowest BCUT2D eigenvalue weighted by Gasteiger charge is -2.36.